The van der Waals surface area contributed by atoms with Gasteiger partial charge in [0.15, 0.2) is 0 Å². The van der Waals surface area contributed by atoms with Gasteiger partial charge in [-0.2, -0.15) is 13.2 Å². The molecule has 1 spiro atoms. The number of amides is 2. The van der Waals surface area contributed by atoms with Crippen molar-refractivity contribution in [3.05, 3.63) is 29.3 Å². The average molecular weight is 440 g/mol. The minimum Gasteiger partial charge on any atom is -0.398 e. The molecule has 1 saturated carbocycles. The molecular weight excluding hydrogens is 407 g/mol. The maximum atomic E-state index is 13.0. The highest BCUT2D eigenvalue weighted by molar-refractivity contribution is 5.98. The number of nitrogens with zero attached hydrogens (tertiary/aromatic N) is 2. The molecule has 0 aromatic heterocycles. The molecule has 2 amide bonds. The molecule has 2 fully saturated rings. The second kappa shape index (κ2) is 9.59. The molecular formula is C23H32F3N3O2. The van der Waals surface area contributed by atoms with Gasteiger partial charge in [0.05, 0.1) is 5.56 Å². The van der Waals surface area contributed by atoms with Gasteiger partial charge in [0, 0.05) is 31.6 Å². The minimum atomic E-state index is -4.45. The minimum absolute atomic E-state index is 0.0321. The first-order chi connectivity index (χ1) is 14.6. The van der Waals surface area contributed by atoms with Crippen LogP contribution in [0.2, 0.25) is 0 Å². The number of unbranched alkanes of at least 4 members (excludes halogenated alkanes) is 1. The Morgan fingerprint density at radius 3 is 2.32 bits per heavy atom. The van der Waals surface area contributed by atoms with Crippen LogP contribution in [0.4, 0.5) is 18.9 Å². The van der Waals surface area contributed by atoms with Crippen LogP contribution in [0.3, 0.4) is 0 Å². The lowest BCUT2D eigenvalue weighted by atomic mass is 9.76. The summed E-state index contributed by atoms with van der Waals surface area (Å²) in [6.07, 6.45) is 2.78. The molecule has 5 nitrogen and oxygen atoms in total. The zero-order valence-corrected chi connectivity index (χ0v) is 18.1. The SMILES string of the molecule is CN(CCCCN1C(=O)CC2(CCCC2)CC1=O)CCc1ccc(N)c(C(F)(F)F)c1. The molecule has 172 valence electrons. The zero-order valence-electron chi connectivity index (χ0n) is 18.1. The van der Waals surface area contributed by atoms with E-state index < -0.39 is 11.7 Å². The zero-order chi connectivity index (χ0) is 22.6. The monoisotopic (exact) mass is 439 g/mol. The van der Waals surface area contributed by atoms with Crippen molar-refractivity contribution in [3.8, 4) is 0 Å². The lowest BCUT2D eigenvalue weighted by Crippen LogP contribution is -2.47. The summed E-state index contributed by atoms with van der Waals surface area (Å²) in [7, 11) is 1.92. The van der Waals surface area contributed by atoms with Gasteiger partial charge in [0.2, 0.25) is 11.8 Å². The Kier molecular flexibility index (Phi) is 7.29. The predicted molar refractivity (Wildman–Crippen MR) is 113 cm³/mol. The fraction of sp³-hybridized carbons (Fsp3) is 0.652. The number of imide groups is 1. The van der Waals surface area contributed by atoms with Gasteiger partial charge in [-0.05, 0) is 68.8 Å². The highest BCUT2D eigenvalue weighted by Crippen LogP contribution is 2.46. The van der Waals surface area contributed by atoms with E-state index >= 15 is 0 Å². The van der Waals surface area contributed by atoms with E-state index in [1.165, 1.54) is 11.0 Å². The number of likely N-dealkylation sites (tertiary alicyclic amines) is 1. The van der Waals surface area contributed by atoms with Crippen LogP contribution in [0.15, 0.2) is 18.2 Å². The van der Waals surface area contributed by atoms with Crippen LogP contribution in [0.25, 0.3) is 0 Å². The van der Waals surface area contributed by atoms with Gasteiger partial charge in [-0.25, -0.2) is 0 Å². The maximum Gasteiger partial charge on any atom is 0.418 e. The Labute approximate surface area is 181 Å². The van der Waals surface area contributed by atoms with Gasteiger partial charge in [-0.15, -0.1) is 0 Å². The van der Waals surface area contributed by atoms with E-state index in [0.29, 0.717) is 37.9 Å². The van der Waals surface area contributed by atoms with Crippen LogP contribution >= 0.6 is 0 Å². The summed E-state index contributed by atoms with van der Waals surface area (Å²) in [6.45, 7) is 1.82. The van der Waals surface area contributed by atoms with Crippen LogP contribution in [-0.4, -0.2) is 48.3 Å². The summed E-state index contributed by atoms with van der Waals surface area (Å²) in [6, 6.07) is 4.05. The van der Waals surface area contributed by atoms with Crippen LogP contribution < -0.4 is 5.73 Å². The third-order valence-electron chi connectivity index (χ3n) is 6.70. The Hall–Kier alpha value is -2.09. The molecule has 0 atom stereocenters. The van der Waals surface area contributed by atoms with E-state index in [-0.39, 0.29) is 22.9 Å². The first kappa shape index (κ1) is 23.6. The van der Waals surface area contributed by atoms with E-state index in [1.807, 2.05) is 7.05 Å². The van der Waals surface area contributed by atoms with Crippen molar-refractivity contribution in [2.45, 2.75) is 64.0 Å². The first-order valence-electron chi connectivity index (χ1n) is 11.1. The molecule has 3 rings (SSSR count). The molecule has 1 aliphatic heterocycles. The molecule has 2 aliphatic rings. The quantitative estimate of drug-likeness (QED) is 0.374. The van der Waals surface area contributed by atoms with Gasteiger partial charge in [-0.3, -0.25) is 14.5 Å². The second-order valence-corrected chi connectivity index (χ2v) is 9.18. The summed E-state index contributed by atoms with van der Waals surface area (Å²) in [5, 5.41) is 0. The largest absolute Gasteiger partial charge is 0.418 e. The number of hydrogen-bond donors (Lipinski definition) is 1. The van der Waals surface area contributed by atoms with Crippen molar-refractivity contribution in [2.24, 2.45) is 5.41 Å². The summed E-state index contributed by atoms with van der Waals surface area (Å²) >= 11 is 0. The van der Waals surface area contributed by atoms with Crippen molar-refractivity contribution in [1.29, 1.82) is 0 Å². The fourth-order valence-electron chi connectivity index (χ4n) is 4.85. The van der Waals surface area contributed by atoms with E-state index in [9.17, 15) is 22.8 Å². The molecule has 1 heterocycles. The third-order valence-corrected chi connectivity index (χ3v) is 6.70. The van der Waals surface area contributed by atoms with Crippen molar-refractivity contribution in [3.63, 3.8) is 0 Å². The first-order valence-corrected chi connectivity index (χ1v) is 11.1. The summed E-state index contributed by atoms with van der Waals surface area (Å²) in [5.74, 6) is -0.0642. The Balaban J connectivity index is 1.38. The number of carbonyl (C=O) groups is 2. The number of benzene rings is 1. The van der Waals surface area contributed by atoms with Crippen LogP contribution in [0.1, 0.15) is 62.5 Å². The van der Waals surface area contributed by atoms with Crippen molar-refractivity contribution < 1.29 is 22.8 Å². The van der Waals surface area contributed by atoms with Crippen LogP contribution in [0, 0.1) is 5.41 Å². The molecule has 31 heavy (non-hydrogen) atoms. The molecule has 1 aromatic carbocycles. The van der Waals surface area contributed by atoms with E-state index in [0.717, 1.165) is 51.1 Å². The number of carbonyl (C=O) groups excluding carboxylic acids is 2. The average Bonchev–Trinajstić information content (AvgIpc) is 3.12. The Bertz CT molecular complexity index is 784. The Morgan fingerprint density at radius 2 is 1.71 bits per heavy atom. The molecule has 1 aromatic rings. The number of halogens is 3. The van der Waals surface area contributed by atoms with Crippen LogP contribution in [-0.2, 0) is 22.2 Å². The van der Waals surface area contributed by atoms with Gasteiger partial charge < -0.3 is 10.6 Å². The Morgan fingerprint density at radius 1 is 1.06 bits per heavy atom. The van der Waals surface area contributed by atoms with Gasteiger partial charge in [-0.1, -0.05) is 18.9 Å². The van der Waals surface area contributed by atoms with Crippen molar-refractivity contribution >= 4 is 17.5 Å². The van der Waals surface area contributed by atoms with Gasteiger partial charge in [0.25, 0.3) is 0 Å². The molecule has 2 N–H and O–H groups in total. The van der Waals surface area contributed by atoms with Crippen molar-refractivity contribution in [2.75, 3.05) is 32.4 Å². The van der Waals surface area contributed by atoms with E-state index in [1.54, 1.807) is 6.07 Å². The third kappa shape index (κ3) is 5.99. The smallest absolute Gasteiger partial charge is 0.398 e. The van der Waals surface area contributed by atoms with Gasteiger partial charge >= 0.3 is 6.18 Å². The van der Waals surface area contributed by atoms with Gasteiger partial charge in [0.1, 0.15) is 0 Å². The summed E-state index contributed by atoms with van der Waals surface area (Å²) in [5.41, 5.74) is 4.92. The molecule has 0 radical (unpaired) electrons. The molecule has 0 bridgehead atoms. The number of piperidine rings is 1. The number of rotatable bonds is 8. The lowest BCUT2D eigenvalue weighted by molar-refractivity contribution is -0.153. The lowest BCUT2D eigenvalue weighted by Gasteiger charge is -2.37. The van der Waals surface area contributed by atoms with Crippen molar-refractivity contribution in [1.82, 2.24) is 9.80 Å². The van der Waals surface area contributed by atoms with E-state index in [2.05, 4.69) is 4.90 Å². The summed E-state index contributed by atoms with van der Waals surface area (Å²) < 4.78 is 39.0. The maximum absolute atomic E-state index is 13.0. The number of likely N-dealkylation sites (N-methyl/N-ethyl adjacent to an activating group) is 1. The molecule has 0 unspecified atom stereocenters. The number of alkyl halides is 3. The normalized spacial score (nSPS) is 19.1. The number of anilines is 1. The second-order valence-electron chi connectivity index (χ2n) is 9.18. The topological polar surface area (TPSA) is 66.6 Å². The number of hydrogen-bond acceptors (Lipinski definition) is 4. The standard InChI is InChI=1S/C23H32F3N3O2/c1-28(13-8-17-6-7-19(27)18(14-17)23(24,25)26)11-4-5-12-29-20(30)15-22(16-21(29)31)9-2-3-10-22/h6-7,14H,2-5,8-13,15-16,27H2,1H3. The van der Waals surface area contributed by atoms with E-state index in [4.69, 9.17) is 5.73 Å². The fourth-order valence-corrected chi connectivity index (χ4v) is 4.85. The summed E-state index contributed by atoms with van der Waals surface area (Å²) in [4.78, 5) is 28.4. The molecule has 1 aliphatic carbocycles. The number of nitrogen functional groups attached to an aromatic ring is 1. The highest BCUT2D eigenvalue weighted by atomic mass is 19.4. The van der Waals surface area contributed by atoms with Crippen LogP contribution in [0.5, 0.6) is 0 Å². The highest BCUT2D eigenvalue weighted by Gasteiger charge is 2.44. The number of nitrogens with two attached hydrogens (primary N) is 1. The molecule has 8 heteroatoms. The molecule has 1 saturated heterocycles. The predicted octanol–water partition coefficient (Wildman–Crippen LogP) is 4.25.